The first-order valence-electron chi connectivity index (χ1n) is 8.89. The number of hydrogen-bond donors (Lipinski definition) is 1. The van der Waals surface area contributed by atoms with Crippen molar-refractivity contribution in [2.75, 3.05) is 24.3 Å². The van der Waals surface area contributed by atoms with Gasteiger partial charge in [-0.05, 0) is 36.6 Å². The van der Waals surface area contributed by atoms with Gasteiger partial charge in [0.05, 0.1) is 19.0 Å². The fourth-order valence-corrected chi connectivity index (χ4v) is 2.95. The summed E-state index contributed by atoms with van der Waals surface area (Å²) in [6.45, 7) is 5.36. The zero-order chi connectivity index (χ0) is 18.6. The van der Waals surface area contributed by atoms with Crippen molar-refractivity contribution in [3.63, 3.8) is 0 Å². The molecule has 1 aromatic heterocycles. The molecule has 1 amide bonds. The molecule has 0 bridgehead atoms. The Morgan fingerprint density at radius 1 is 1.12 bits per heavy atom. The average molecular weight is 375 g/mol. The van der Waals surface area contributed by atoms with Gasteiger partial charge in [-0.3, -0.25) is 9.78 Å². The first kappa shape index (κ1) is 20.1. The van der Waals surface area contributed by atoms with Crippen molar-refractivity contribution in [3.8, 4) is 11.5 Å². The van der Waals surface area contributed by atoms with Crippen LogP contribution in [0.2, 0.25) is 0 Å². The smallest absolute Gasteiger partial charge is 0.234 e. The molecule has 1 N–H and O–H groups in total. The second kappa shape index (κ2) is 11.4. The Morgan fingerprint density at radius 3 is 2.58 bits per heavy atom. The van der Waals surface area contributed by atoms with Gasteiger partial charge in [0.25, 0.3) is 0 Å². The molecule has 0 aliphatic heterocycles. The molecule has 26 heavy (non-hydrogen) atoms. The lowest BCUT2D eigenvalue weighted by Crippen LogP contribution is -2.14. The molecule has 2 aromatic rings. The van der Waals surface area contributed by atoms with Gasteiger partial charge in [0.2, 0.25) is 5.91 Å². The first-order chi connectivity index (χ1) is 12.7. The fourth-order valence-electron chi connectivity index (χ4n) is 2.18. The van der Waals surface area contributed by atoms with Crippen LogP contribution >= 0.6 is 11.8 Å². The van der Waals surface area contributed by atoms with E-state index in [4.69, 9.17) is 9.47 Å². The number of pyridine rings is 1. The van der Waals surface area contributed by atoms with Crippen molar-refractivity contribution in [2.24, 2.45) is 0 Å². The minimum Gasteiger partial charge on any atom is -0.490 e. The lowest BCUT2D eigenvalue weighted by Gasteiger charge is -2.14. The predicted octanol–water partition coefficient (Wildman–Crippen LogP) is 4.53. The zero-order valence-corrected chi connectivity index (χ0v) is 16.2. The lowest BCUT2D eigenvalue weighted by atomic mass is 10.2. The molecule has 0 radical (unpaired) electrons. The van der Waals surface area contributed by atoms with Crippen LogP contribution in [0.4, 0.5) is 5.69 Å². The van der Waals surface area contributed by atoms with Gasteiger partial charge in [-0.25, -0.2) is 0 Å². The van der Waals surface area contributed by atoms with Crippen LogP contribution in [0.5, 0.6) is 11.5 Å². The Bertz CT molecular complexity index is 680. The summed E-state index contributed by atoms with van der Waals surface area (Å²) in [6.07, 6.45) is 5.40. The number of benzene rings is 1. The number of rotatable bonds is 11. The predicted molar refractivity (Wildman–Crippen MR) is 107 cm³/mol. The molecule has 0 aliphatic carbocycles. The van der Waals surface area contributed by atoms with E-state index in [9.17, 15) is 4.79 Å². The van der Waals surface area contributed by atoms with E-state index in [1.807, 2.05) is 36.5 Å². The molecule has 1 heterocycles. The van der Waals surface area contributed by atoms with E-state index in [0.29, 0.717) is 36.2 Å². The molecule has 2 rings (SSSR count). The molecule has 1 aromatic carbocycles. The molecule has 0 fully saturated rings. The van der Waals surface area contributed by atoms with Crippen molar-refractivity contribution in [2.45, 2.75) is 32.4 Å². The summed E-state index contributed by atoms with van der Waals surface area (Å²) in [5.74, 6) is 2.48. The van der Waals surface area contributed by atoms with E-state index in [2.05, 4.69) is 24.1 Å². The summed E-state index contributed by atoms with van der Waals surface area (Å²) in [4.78, 5) is 16.2. The van der Waals surface area contributed by atoms with Gasteiger partial charge in [0.1, 0.15) is 0 Å². The second-order valence-corrected chi connectivity index (χ2v) is 6.75. The normalized spacial score (nSPS) is 10.4. The number of hydrogen-bond acceptors (Lipinski definition) is 5. The van der Waals surface area contributed by atoms with Crippen molar-refractivity contribution in [3.05, 3.63) is 48.3 Å². The van der Waals surface area contributed by atoms with Crippen LogP contribution in [-0.4, -0.2) is 29.9 Å². The van der Waals surface area contributed by atoms with Gasteiger partial charge in [-0.15, -0.1) is 11.8 Å². The molecule has 140 valence electrons. The van der Waals surface area contributed by atoms with Crippen molar-refractivity contribution in [1.82, 2.24) is 4.98 Å². The SMILES string of the molecule is CCCOc1ccc(NC(=O)CSCc2cccnc2)cc1OCCC. The van der Waals surface area contributed by atoms with E-state index >= 15 is 0 Å². The summed E-state index contributed by atoms with van der Waals surface area (Å²) < 4.78 is 11.5. The Morgan fingerprint density at radius 2 is 1.88 bits per heavy atom. The van der Waals surface area contributed by atoms with Crippen LogP contribution in [0.25, 0.3) is 0 Å². The Balaban J connectivity index is 1.89. The minimum atomic E-state index is -0.0393. The number of anilines is 1. The molecule has 0 saturated carbocycles. The molecule has 5 nitrogen and oxygen atoms in total. The van der Waals surface area contributed by atoms with Gasteiger partial charge in [-0.1, -0.05) is 19.9 Å². The van der Waals surface area contributed by atoms with Gasteiger partial charge in [-0.2, -0.15) is 0 Å². The first-order valence-corrected chi connectivity index (χ1v) is 10.0. The number of aromatic nitrogens is 1. The number of amides is 1. The Kier molecular flexibility index (Phi) is 8.83. The summed E-state index contributed by atoms with van der Waals surface area (Å²) >= 11 is 1.56. The monoisotopic (exact) mass is 374 g/mol. The van der Waals surface area contributed by atoms with Crippen LogP contribution in [0.1, 0.15) is 32.3 Å². The number of nitrogens with one attached hydrogen (secondary N) is 1. The molecule has 6 heteroatoms. The van der Waals surface area contributed by atoms with E-state index < -0.39 is 0 Å². The highest BCUT2D eigenvalue weighted by Crippen LogP contribution is 2.31. The summed E-state index contributed by atoms with van der Waals surface area (Å²) in [5, 5.41) is 2.92. The van der Waals surface area contributed by atoms with Crippen LogP contribution in [0.3, 0.4) is 0 Å². The van der Waals surface area contributed by atoms with Crippen LogP contribution < -0.4 is 14.8 Å². The van der Waals surface area contributed by atoms with Gasteiger partial charge in [0.15, 0.2) is 11.5 Å². The number of nitrogens with zero attached hydrogens (tertiary/aromatic N) is 1. The number of carbonyl (C=O) groups is 1. The molecule has 0 unspecified atom stereocenters. The standard InChI is InChI=1S/C20H26N2O3S/c1-3-10-24-18-8-7-17(12-19(18)25-11-4-2)22-20(23)15-26-14-16-6-5-9-21-13-16/h5-9,12-13H,3-4,10-11,14-15H2,1-2H3,(H,22,23). The highest BCUT2D eigenvalue weighted by Gasteiger charge is 2.09. The summed E-state index contributed by atoms with van der Waals surface area (Å²) in [5.41, 5.74) is 1.82. The molecular weight excluding hydrogens is 348 g/mol. The topological polar surface area (TPSA) is 60.5 Å². The lowest BCUT2D eigenvalue weighted by molar-refractivity contribution is -0.113. The largest absolute Gasteiger partial charge is 0.490 e. The molecule has 0 atom stereocenters. The summed E-state index contributed by atoms with van der Waals surface area (Å²) in [7, 11) is 0. The average Bonchev–Trinajstić information content (AvgIpc) is 2.66. The fraction of sp³-hybridized carbons (Fsp3) is 0.400. The maximum absolute atomic E-state index is 12.2. The zero-order valence-electron chi connectivity index (χ0n) is 15.4. The Labute approximate surface area is 159 Å². The van der Waals surface area contributed by atoms with Crippen LogP contribution in [0, 0.1) is 0 Å². The maximum atomic E-state index is 12.2. The van der Waals surface area contributed by atoms with Gasteiger partial charge < -0.3 is 14.8 Å². The Hall–Kier alpha value is -2.21. The van der Waals surface area contributed by atoms with E-state index in [0.717, 1.165) is 24.2 Å². The van der Waals surface area contributed by atoms with Crippen molar-refractivity contribution < 1.29 is 14.3 Å². The quantitative estimate of drug-likeness (QED) is 0.626. The van der Waals surface area contributed by atoms with Crippen molar-refractivity contribution in [1.29, 1.82) is 0 Å². The highest BCUT2D eigenvalue weighted by atomic mass is 32.2. The molecule has 0 saturated heterocycles. The summed E-state index contributed by atoms with van der Waals surface area (Å²) in [6, 6.07) is 9.41. The third-order valence-corrected chi connectivity index (χ3v) is 4.38. The maximum Gasteiger partial charge on any atom is 0.234 e. The van der Waals surface area contributed by atoms with Crippen molar-refractivity contribution >= 4 is 23.4 Å². The highest BCUT2D eigenvalue weighted by molar-refractivity contribution is 7.99. The van der Waals surface area contributed by atoms with E-state index in [-0.39, 0.29) is 5.91 Å². The van der Waals surface area contributed by atoms with E-state index in [1.165, 1.54) is 0 Å². The van der Waals surface area contributed by atoms with Gasteiger partial charge >= 0.3 is 0 Å². The molecule has 0 spiro atoms. The van der Waals surface area contributed by atoms with Gasteiger partial charge in [0, 0.05) is 29.9 Å². The third-order valence-electron chi connectivity index (χ3n) is 3.38. The van der Waals surface area contributed by atoms with Crippen LogP contribution in [-0.2, 0) is 10.5 Å². The molecule has 0 aliphatic rings. The number of thioether (sulfide) groups is 1. The number of carbonyl (C=O) groups excluding carboxylic acids is 1. The number of ether oxygens (including phenoxy) is 2. The third kappa shape index (κ3) is 6.96. The second-order valence-electron chi connectivity index (χ2n) is 5.76. The molecular formula is C20H26N2O3S. The minimum absolute atomic E-state index is 0.0393. The van der Waals surface area contributed by atoms with Crippen LogP contribution in [0.15, 0.2) is 42.7 Å². The van der Waals surface area contributed by atoms with E-state index in [1.54, 1.807) is 18.0 Å².